The Morgan fingerprint density at radius 3 is 2.71 bits per heavy atom. The molecule has 2 N–H and O–H groups in total. The Hall–Kier alpha value is -1.63. The first-order valence-corrected chi connectivity index (χ1v) is 7.18. The van der Waals surface area contributed by atoms with Crippen LogP contribution in [0.1, 0.15) is 0 Å². The first kappa shape index (κ1) is 15.8. The van der Waals surface area contributed by atoms with Crippen molar-refractivity contribution in [2.75, 3.05) is 44.7 Å². The van der Waals surface area contributed by atoms with Gasteiger partial charge in [0.15, 0.2) is 0 Å². The monoisotopic (exact) mass is 311 g/mol. The number of hydrogen-bond donors (Lipinski definition) is 2. The van der Waals surface area contributed by atoms with E-state index in [0.29, 0.717) is 37.0 Å². The van der Waals surface area contributed by atoms with Crippen molar-refractivity contribution in [2.45, 2.75) is 0 Å². The molecule has 0 radical (unpaired) electrons. The molecule has 7 heteroatoms. The van der Waals surface area contributed by atoms with Gasteiger partial charge in [-0.15, -0.1) is 0 Å². The smallest absolute Gasteiger partial charge is 0.313 e. The molecule has 21 heavy (non-hydrogen) atoms. The highest BCUT2D eigenvalue weighted by Crippen LogP contribution is 2.14. The summed E-state index contributed by atoms with van der Waals surface area (Å²) in [4.78, 5) is 25.6. The number of morpholine rings is 1. The number of amides is 2. The molecule has 1 aromatic rings. The predicted molar refractivity (Wildman–Crippen MR) is 80.4 cm³/mol. The fourth-order valence-corrected chi connectivity index (χ4v) is 2.18. The lowest BCUT2D eigenvalue weighted by Gasteiger charge is -2.26. The van der Waals surface area contributed by atoms with E-state index in [4.69, 9.17) is 16.3 Å². The Morgan fingerprint density at radius 1 is 1.24 bits per heavy atom. The highest BCUT2D eigenvalue weighted by atomic mass is 35.5. The van der Waals surface area contributed by atoms with Gasteiger partial charge in [-0.1, -0.05) is 17.7 Å². The summed E-state index contributed by atoms with van der Waals surface area (Å²) in [5.74, 6) is -1.34. The van der Waals surface area contributed by atoms with Gasteiger partial charge >= 0.3 is 11.8 Å². The van der Waals surface area contributed by atoms with Gasteiger partial charge < -0.3 is 15.4 Å². The molecule has 0 aromatic heterocycles. The Bertz CT molecular complexity index is 504. The van der Waals surface area contributed by atoms with Crippen LogP contribution >= 0.6 is 11.6 Å². The molecule has 0 spiro atoms. The zero-order chi connectivity index (χ0) is 15.1. The van der Waals surface area contributed by atoms with Crippen LogP contribution in [0.4, 0.5) is 5.69 Å². The van der Waals surface area contributed by atoms with E-state index in [9.17, 15) is 9.59 Å². The maximum atomic E-state index is 11.7. The van der Waals surface area contributed by atoms with Gasteiger partial charge in [0.25, 0.3) is 0 Å². The van der Waals surface area contributed by atoms with Crippen molar-refractivity contribution in [3.8, 4) is 0 Å². The number of anilines is 1. The molecule has 1 aromatic carbocycles. The molecule has 2 amide bonds. The van der Waals surface area contributed by atoms with Crippen LogP contribution in [0.5, 0.6) is 0 Å². The lowest BCUT2D eigenvalue weighted by atomic mass is 10.3. The molecular formula is C14H18ClN3O3. The number of rotatable bonds is 4. The first-order chi connectivity index (χ1) is 10.1. The van der Waals surface area contributed by atoms with E-state index >= 15 is 0 Å². The molecule has 2 rings (SSSR count). The van der Waals surface area contributed by atoms with Gasteiger partial charge in [0.2, 0.25) is 0 Å². The molecule has 1 aliphatic heterocycles. The number of carbonyl (C=O) groups is 2. The zero-order valence-electron chi connectivity index (χ0n) is 11.6. The average Bonchev–Trinajstić information content (AvgIpc) is 2.48. The highest BCUT2D eigenvalue weighted by molar-refractivity contribution is 6.39. The molecule has 0 aliphatic carbocycles. The van der Waals surface area contributed by atoms with E-state index in [1.807, 2.05) is 0 Å². The van der Waals surface area contributed by atoms with Gasteiger partial charge in [0.05, 0.1) is 13.2 Å². The molecule has 1 aliphatic rings. The van der Waals surface area contributed by atoms with Gasteiger partial charge in [-0.25, -0.2) is 0 Å². The van der Waals surface area contributed by atoms with Gasteiger partial charge in [0.1, 0.15) is 0 Å². The summed E-state index contributed by atoms with van der Waals surface area (Å²) >= 11 is 5.81. The number of hydrogen-bond acceptors (Lipinski definition) is 4. The van der Waals surface area contributed by atoms with E-state index in [2.05, 4.69) is 15.5 Å². The zero-order valence-corrected chi connectivity index (χ0v) is 12.4. The van der Waals surface area contributed by atoms with Gasteiger partial charge in [-0.05, 0) is 18.2 Å². The molecule has 0 bridgehead atoms. The lowest BCUT2D eigenvalue weighted by molar-refractivity contribution is -0.136. The van der Waals surface area contributed by atoms with Crippen molar-refractivity contribution in [1.82, 2.24) is 10.2 Å². The van der Waals surface area contributed by atoms with Crippen molar-refractivity contribution in [1.29, 1.82) is 0 Å². The maximum absolute atomic E-state index is 11.7. The van der Waals surface area contributed by atoms with E-state index in [1.54, 1.807) is 24.3 Å². The van der Waals surface area contributed by atoms with Crippen LogP contribution in [0.3, 0.4) is 0 Å². The van der Waals surface area contributed by atoms with Crippen LogP contribution in [-0.4, -0.2) is 56.1 Å². The molecule has 1 saturated heterocycles. The minimum Gasteiger partial charge on any atom is -0.379 e. The van der Waals surface area contributed by atoms with E-state index < -0.39 is 11.8 Å². The summed E-state index contributed by atoms with van der Waals surface area (Å²) in [7, 11) is 0. The molecule has 1 fully saturated rings. The minimum atomic E-state index is -0.695. The summed E-state index contributed by atoms with van der Waals surface area (Å²) in [5, 5.41) is 5.60. The van der Waals surface area contributed by atoms with Crippen LogP contribution in [0, 0.1) is 0 Å². The minimum absolute atomic E-state index is 0.432. The van der Waals surface area contributed by atoms with Crippen LogP contribution < -0.4 is 10.6 Å². The summed E-state index contributed by atoms with van der Waals surface area (Å²) in [6.07, 6.45) is 0. The number of benzene rings is 1. The average molecular weight is 312 g/mol. The number of nitrogens with one attached hydrogen (secondary N) is 2. The molecule has 0 unspecified atom stereocenters. The Kier molecular flexibility index (Phi) is 5.98. The van der Waals surface area contributed by atoms with Crippen molar-refractivity contribution in [3.63, 3.8) is 0 Å². The van der Waals surface area contributed by atoms with E-state index in [0.717, 1.165) is 13.1 Å². The Balaban J connectivity index is 1.71. The van der Waals surface area contributed by atoms with Crippen LogP contribution in [0.25, 0.3) is 0 Å². The standard InChI is InChI=1S/C14H18ClN3O3/c15-11-2-1-3-12(10-11)17-14(20)13(19)16-4-5-18-6-8-21-9-7-18/h1-3,10H,4-9H2,(H,16,19)(H,17,20). The highest BCUT2D eigenvalue weighted by Gasteiger charge is 2.15. The summed E-state index contributed by atoms with van der Waals surface area (Å²) in [6, 6.07) is 6.65. The predicted octanol–water partition coefficient (Wildman–Crippen LogP) is 0.727. The SMILES string of the molecule is O=C(NCCN1CCOCC1)C(=O)Nc1cccc(Cl)c1. The fraction of sp³-hybridized carbons (Fsp3) is 0.429. The molecule has 114 valence electrons. The fourth-order valence-electron chi connectivity index (χ4n) is 1.99. The van der Waals surface area contributed by atoms with Crippen molar-refractivity contribution in [3.05, 3.63) is 29.3 Å². The quantitative estimate of drug-likeness (QED) is 0.804. The molecule has 0 atom stereocenters. The molecule has 1 heterocycles. The topological polar surface area (TPSA) is 70.7 Å². The third kappa shape index (κ3) is 5.34. The van der Waals surface area contributed by atoms with Gasteiger partial charge in [0, 0.05) is 36.9 Å². The van der Waals surface area contributed by atoms with E-state index in [-0.39, 0.29) is 0 Å². The molecule has 0 saturated carbocycles. The summed E-state index contributed by atoms with van der Waals surface area (Å²) in [5.41, 5.74) is 0.496. The third-order valence-electron chi connectivity index (χ3n) is 3.11. The number of nitrogens with zero attached hydrogens (tertiary/aromatic N) is 1. The Labute approximate surface area is 128 Å². The third-order valence-corrected chi connectivity index (χ3v) is 3.34. The van der Waals surface area contributed by atoms with Crippen molar-refractivity contribution >= 4 is 29.1 Å². The summed E-state index contributed by atoms with van der Waals surface area (Å²) in [6.45, 7) is 4.27. The van der Waals surface area contributed by atoms with Gasteiger partial charge in [-0.3, -0.25) is 14.5 Å². The van der Waals surface area contributed by atoms with Crippen molar-refractivity contribution in [2.24, 2.45) is 0 Å². The summed E-state index contributed by atoms with van der Waals surface area (Å²) < 4.78 is 5.24. The second-order valence-corrected chi connectivity index (χ2v) is 5.11. The number of carbonyl (C=O) groups excluding carboxylic acids is 2. The largest absolute Gasteiger partial charge is 0.379 e. The lowest BCUT2D eigenvalue weighted by Crippen LogP contribution is -2.43. The van der Waals surface area contributed by atoms with Crippen LogP contribution in [-0.2, 0) is 14.3 Å². The van der Waals surface area contributed by atoms with Crippen LogP contribution in [0.2, 0.25) is 5.02 Å². The maximum Gasteiger partial charge on any atom is 0.313 e. The second kappa shape index (κ2) is 7.97. The second-order valence-electron chi connectivity index (χ2n) is 4.67. The van der Waals surface area contributed by atoms with E-state index in [1.165, 1.54) is 0 Å². The van der Waals surface area contributed by atoms with Gasteiger partial charge in [-0.2, -0.15) is 0 Å². The normalized spacial score (nSPS) is 15.5. The number of ether oxygens (including phenoxy) is 1. The molecular weight excluding hydrogens is 294 g/mol. The molecule has 6 nitrogen and oxygen atoms in total. The Morgan fingerprint density at radius 2 is 2.00 bits per heavy atom. The van der Waals surface area contributed by atoms with Crippen molar-refractivity contribution < 1.29 is 14.3 Å². The first-order valence-electron chi connectivity index (χ1n) is 6.80. The number of halogens is 1. The van der Waals surface area contributed by atoms with Crippen LogP contribution in [0.15, 0.2) is 24.3 Å².